The molecule has 0 spiro atoms. The molecule has 2 saturated carbocycles. The Balaban J connectivity index is 1.15. The van der Waals surface area contributed by atoms with Gasteiger partial charge in [-0.05, 0) is 74.6 Å². The van der Waals surface area contributed by atoms with Crippen molar-refractivity contribution in [2.75, 3.05) is 11.4 Å². The number of hydrogen-bond acceptors (Lipinski definition) is 6. The highest BCUT2D eigenvalue weighted by atomic mass is 35.5. The molecular weight excluding hydrogens is 514 g/mol. The number of nitrogens with one attached hydrogen (secondary N) is 1. The van der Waals surface area contributed by atoms with Crippen LogP contribution in [-0.2, 0) is 4.79 Å². The van der Waals surface area contributed by atoms with Gasteiger partial charge in [0, 0.05) is 34.8 Å². The average Bonchev–Trinajstić information content (AvgIpc) is 3.23. The first-order valence-corrected chi connectivity index (χ1v) is 13.7. The van der Waals surface area contributed by atoms with Crippen LogP contribution in [0.25, 0.3) is 0 Å². The minimum Gasteiger partial charge on any atom is -0.348 e. The number of nitriles is 1. The zero-order valence-electron chi connectivity index (χ0n) is 22.3. The third kappa shape index (κ3) is 5.39. The normalized spacial score (nSPS) is 26.9. The Bertz CT molecular complexity index is 1410. The van der Waals surface area contributed by atoms with E-state index in [1.165, 1.54) is 6.08 Å². The molecule has 39 heavy (non-hydrogen) atoms. The molecular formula is C29H32ClN7O2. The molecule has 1 saturated heterocycles. The summed E-state index contributed by atoms with van der Waals surface area (Å²) in [6, 6.07) is 5.93. The summed E-state index contributed by atoms with van der Waals surface area (Å²) in [5.41, 5.74) is 2.67. The van der Waals surface area contributed by atoms with Crippen molar-refractivity contribution in [1.82, 2.24) is 25.3 Å². The van der Waals surface area contributed by atoms with Crippen LogP contribution in [0.15, 0.2) is 53.7 Å². The van der Waals surface area contributed by atoms with E-state index in [1.807, 2.05) is 26.0 Å². The van der Waals surface area contributed by atoms with Crippen LogP contribution < -0.4 is 10.2 Å². The van der Waals surface area contributed by atoms with E-state index >= 15 is 0 Å². The Morgan fingerprint density at radius 1 is 1.36 bits per heavy atom. The van der Waals surface area contributed by atoms with Gasteiger partial charge in [-0.15, -0.1) is 5.10 Å². The molecule has 2 amide bonds. The molecule has 1 N–H and O–H groups in total. The van der Waals surface area contributed by atoms with Crippen molar-refractivity contribution in [2.24, 2.45) is 23.7 Å². The molecule has 3 heterocycles. The minimum atomic E-state index is -0.265. The number of aromatic nitrogens is 4. The molecule has 3 aliphatic rings. The van der Waals surface area contributed by atoms with Gasteiger partial charge in [0.1, 0.15) is 5.82 Å². The molecule has 1 aliphatic heterocycles. The Morgan fingerprint density at radius 2 is 2.13 bits per heavy atom. The van der Waals surface area contributed by atoms with Crippen LogP contribution in [0.1, 0.15) is 60.9 Å². The van der Waals surface area contributed by atoms with Crippen LogP contribution in [-0.4, -0.2) is 44.4 Å². The predicted molar refractivity (Wildman–Crippen MR) is 148 cm³/mol. The van der Waals surface area contributed by atoms with Crippen molar-refractivity contribution in [3.8, 4) is 6.07 Å². The molecule has 202 valence electrons. The van der Waals surface area contributed by atoms with Crippen molar-refractivity contribution in [3.63, 3.8) is 0 Å². The first-order chi connectivity index (χ1) is 18.7. The number of carbonyl (C=O) groups is 2. The van der Waals surface area contributed by atoms with Crippen molar-refractivity contribution in [3.05, 3.63) is 70.7 Å². The summed E-state index contributed by atoms with van der Waals surface area (Å²) >= 11 is 5.91. The van der Waals surface area contributed by atoms with Crippen molar-refractivity contribution < 1.29 is 9.59 Å². The fraction of sp³-hybridized carbons (Fsp3) is 0.448. The van der Waals surface area contributed by atoms with Crippen molar-refractivity contribution in [2.45, 2.75) is 52.1 Å². The molecule has 5 rings (SSSR count). The second-order valence-corrected chi connectivity index (χ2v) is 11.3. The number of halogens is 1. The van der Waals surface area contributed by atoms with Crippen LogP contribution in [0.4, 0.5) is 5.82 Å². The fourth-order valence-corrected chi connectivity index (χ4v) is 5.84. The van der Waals surface area contributed by atoms with E-state index in [-0.39, 0.29) is 35.5 Å². The predicted octanol–water partition coefficient (Wildman–Crippen LogP) is 4.48. The molecule has 2 aromatic rings. The van der Waals surface area contributed by atoms with Gasteiger partial charge in [-0.3, -0.25) is 14.5 Å². The quantitative estimate of drug-likeness (QED) is 0.367. The number of carbonyl (C=O) groups excluding carboxylic acids is 2. The Labute approximate surface area is 233 Å². The van der Waals surface area contributed by atoms with Gasteiger partial charge in [-0.25, -0.2) is 9.67 Å². The summed E-state index contributed by atoms with van der Waals surface area (Å²) in [7, 11) is 0. The van der Waals surface area contributed by atoms with E-state index in [4.69, 9.17) is 16.6 Å². The average molecular weight is 546 g/mol. The Kier molecular flexibility index (Phi) is 7.41. The largest absolute Gasteiger partial charge is 0.348 e. The number of aryl methyl sites for hydroxylation is 1. The minimum absolute atomic E-state index is 0.0404. The number of fused-ring (bicyclic) bond motifs is 1. The third-order valence-corrected chi connectivity index (χ3v) is 8.63. The van der Waals surface area contributed by atoms with Crippen LogP contribution in [0, 0.1) is 41.9 Å². The highest BCUT2D eigenvalue weighted by Gasteiger charge is 2.59. The number of hydrogen-bond donors (Lipinski definition) is 1. The summed E-state index contributed by atoms with van der Waals surface area (Å²) in [5.74, 6) is 2.04. The first kappa shape index (κ1) is 26.8. The zero-order valence-corrected chi connectivity index (χ0v) is 23.1. The number of rotatable bonds is 9. The van der Waals surface area contributed by atoms with Crippen molar-refractivity contribution in [1.29, 1.82) is 5.26 Å². The molecule has 2 aliphatic carbocycles. The van der Waals surface area contributed by atoms with E-state index < -0.39 is 0 Å². The maximum atomic E-state index is 12.8. The maximum absolute atomic E-state index is 12.8. The number of anilines is 1. The van der Waals surface area contributed by atoms with E-state index in [9.17, 15) is 14.9 Å². The molecule has 3 unspecified atom stereocenters. The number of piperidine rings is 1. The summed E-state index contributed by atoms with van der Waals surface area (Å²) in [4.78, 5) is 31.9. The Hall–Kier alpha value is -3.77. The smallest absolute Gasteiger partial charge is 0.273 e. The molecule has 0 aromatic carbocycles. The lowest BCUT2D eigenvalue weighted by molar-refractivity contribution is -0.119. The standard InChI is InChI=1S/C29H32ClN7O2/c1-5-21(30)7-6-19(13-31)10-20-11-22(12-20)33-28(38)25-15-37(35-34-25)18(4)23-8-9-26(32-17(23)3)36-14-24-16(2)27(24)29(36)39/h5-9,15-16,18,20,22,24,27H,1,10-12,14H2,2-4H3,(H,33,38)/b19-6+,21-7+/t16-,18?,20?,22?,24?,27?/m1/s1. The SMILES string of the molecule is C=C/C(Cl)=C\C=C(\C#N)CC1CC(NC(=O)c2cn(C(C)c3ccc(N4CC5C(C4=O)[C@@H]5C)nc3C)nn2)C1. The zero-order chi connectivity index (χ0) is 27.8. The number of amides is 2. The molecule has 0 bridgehead atoms. The summed E-state index contributed by atoms with van der Waals surface area (Å²) < 4.78 is 1.66. The van der Waals surface area contributed by atoms with Gasteiger partial charge in [-0.1, -0.05) is 42.5 Å². The summed E-state index contributed by atoms with van der Waals surface area (Å²) in [6.45, 7) is 10.4. The second-order valence-electron chi connectivity index (χ2n) is 10.9. The third-order valence-electron chi connectivity index (χ3n) is 8.35. The van der Waals surface area contributed by atoms with Gasteiger partial charge in [-0.2, -0.15) is 5.26 Å². The number of allylic oxidation sites excluding steroid dienone is 5. The second kappa shape index (κ2) is 10.8. The highest BCUT2D eigenvalue weighted by Crippen LogP contribution is 2.52. The fourth-order valence-electron chi connectivity index (χ4n) is 5.77. The van der Waals surface area contributed by atoms with Gasteiger partial charge in [0.15, 0.2) is 5.69 Å². The molecule has 10 heteroatoms. The molecule has 9 nitrogen and oxygen atoms in total. The van der Waals surface area contributed by atoms with E-state index in [0.717, 1.165) is 30.6 Å². The lowest BCUT2D eigenvalue weighted by Crippen LogP contribution is -2.44. The first-order valence-electron chi connectivity index (χ1n) is 13.3. The molecule has 3 fully saturated rings. The summed E-state index contributed by atoms with van der Waals surface area (Å²) in [6.07, 6.45) is 8.79. The molecule has 4 atom stereocenters. The lowest BCUT2D eigenvalue weighted by atomic mass is 9.76. The van der Waals surface area contributed by atoms with E-state index in [2.05, 4.69) is 35.2 Å². The lowest BCUT2D eigenvalue weighted by Gasteiger charge is -2.35. The molecule has 0 radical (unpaired) electrons. The number of pyridine rings is 1. The monoisotopic (exact) mass is 545 g/mol. The summed E-state index contributed by atoms with van der Waals surface area (Å²) in [5, 5.41) is 21.1. The topological polar surface area (TPSA) is 117 Å². The van der Waals surface area contributed by atoms with E-state index in [1.54, 1.807) is 27.9 Å². The van der Waals surface area contributed by atoms with Gasteiger partial charge in [0.2, 0.25) is 5.91 Å². The van der Waals surface area contributed by atoms with Crippen LogP contribution in [0.3, 0.4) is 0 Å². The van der Waals surface area contributed by atoms with E-state index in [0.29, 0.717) is 40.6 Å². The highest BCUT2D eigenvalue weighted by molar-refractivity contribution is 6.31. The van der Waals surface area contributed by atoms with Crippen LogP contribution >= 0.6 is 11.6 Å². The van der Waals surface area contributed by atoms with Crippen LogP contribution in [0.5, 0.6) is 0 Å². The van der Waals surface area contributed by atoms with Crippen molar-refractivity contribution >= 4 is 29.2 Å². The molecule has 2 aromatic heterocycles. The number of nitrogens with zero attached hydrogens (tertiary/aromatic N) is 6. The van der Waals surface area contributed by atoms with Gasteiger partial charge in [0.25, 0.3) is 5.91 Å². The maximum Gasteiger partial charge on any atom is 0.273 e. The van der Waals surface area contributed by atoms with Gasteiger partial charge in [0.05, 0.1) is 18.3 Å². The van der Waals surface area contributed by atoms with Gasteiger partial charge < -0.3 is 5.32 Å². The van der Waals surface area contributed by atoms with Gasteiger partial charge >= 0.3 is 0 Å². The Morgan fingerprint density at radius 3 is 2.77 bits per heavy atom. The van der Waals surface area contributed by atoms with Crippen LogP contribution in [0.2, 0.25) is 0 Å².